The topological polar surface area (TPSA) is 78.9 Å². The summed E-state index contributed by atoms with van der Waals surface area (Å²) in [5.41, 5.74) is 0. The SMILES string of the molecule is O=C([O][Al]([O]C(=O)C(F)(F)C(F)(F)C(F)(F)C(F)(F)C(F)(F)C(F)(F)C(F)(F)C(F)(F)C(F)(F)C(F)(F)C(F)(F)C(F)(F)C(F)(F)F)[O]C(=O)C(F)(F)C(F)(F)C(F)(F)C(F)(F)C(F)(F)C(F)(F)C(F)(F)C(F)(F)C(F)(F)C(F)(F)C(F)(F)C(F)(F)C(F)(F)F)C(F)(F)C(F)(F)C(F)(F)C(F)(F)C(F)(F)C(F)(F)C(F)(F)C(F)(F)C(F)(F)C(F)(F)C(F)(F)C(F)(F)C(F)(F)F. The Morgan fingerprint density at radius 2 is 0.169 bits per heavy atom. The summed E-state index contributed by atoms with van der Waals surface area (Å²) in [6.45, 7) is 0. The smallest absolute Gasteiger partial charge is 0.546 e. The Balaban J connectivity index is 9.60. The van der Waals surface area contributed by atoms with Gasteiger partial charge in [-0.2, -0.15) is 356 Å². The minimum atomic E-state index is -11.1. The third-order valence-electron chi connectivity index (χ3n) is 15.5. The number of alkyl halides is 81. The van der Waals surface area contributed by atoms with Gasteiger partial charge in [-0.15, -0.1) is 0 Å². The highest BCUT2D eigenvalue weighted by atomic mass is 27.3. The highest BCUT2D eigenvalue weighted by molar-refractivity contribution is 6.44. The Hall–Kier alpha value is -6.73. The summed E-state index contributed by atoms with van der Waals surface area (Å²) >= 11 is -10.2. The molecule has 0 N–H and O–H groups in total. The molecule has 0 unspecified atom stereocenters. The van der Waals surface area contributed by atoms with E-state index in [9.17, 15) is 370 Å². The van der Waals surface area contributed by atoms with Gasteiger partial charge in [0.05, 0.1) is 0 Å². The third kappa shape index (κ3) is 14.5. The van der Waals surface area contributed by atoms with E-state index < -0.39 is 265 Å². The van der Waals surface area contributed by atoms with Crippen molar-refractivity contribution < 1.29 is 381 Å². The zero-order chi connectivity index (χ0) is 108. The summed E-state index contributed by atoms with van der Waals surface area (Å²) in [7, 11) is 0. The molecule has 0 fully saturated rings. The van der Waals surface area contributed by atoms with Crippen molar-refractivity contribution in [2.45, 2.75) is 232 Å². The van der Waals surface area contributed by atoms with Crippen LogP contribution in [0.4, 0.5) is 356 Å². The average molecular weight is 2170 g/mol. The van der Waals surface area contributed by atoms with E-state index in [0.717, 1.165) is 0 Å². The van der Waals surface area contributed by atoms with Crippen molar-refractivity contribution in [1.29, 1.82) is 0 Å². The van der Waals surface area contributed by atoms with Gasteiger partial charge in [0, 0.05) is 0 Å². The number of rotatable bonds is 39. The summed E-state index contributed by atoms with van der Waals surface area (Å²) in [5, 5.41) is 0. The van der Waals surface area contributed by atoms with Gasteiger partial charge in [-0.1, -0.05) is 0 Å². The molecule has 130 heavy (non-hydrogen) atoms. The molecule has 0 rings (SSSR count). The summed E-state index contributed by atoms with van der Waals surface area (Å²) in [5.74, 6) is -403. The van der Waals surface area contributed by atoms with Gasteiger partial charge < -0.3 is 11.4 Å². The van der Waals surface area contributed by atoms with Gasteiger partial charge in [-0.05, 0) is 0 Å². The molecule has 0 aliphatic rings. The zero-order valence-corrected chi connectivity index (χ0v) is 55.8. The zero-order valence-electron chi connectivity index (χ0n) is 54.6. The molecule has 0 radical (unpaired) electrons. The van der Waals surface area contributed by atoms with E-state index in [2.05, 4.69) is 0 Å². The van der Waals surface area contributed by atoms with E-state index in [-0.39, 0.29) is 0 Å². The highest BCUT2D eigenvalue weighted by Gasteiger charge is 3.06. The molecule has 774 valence electrons. The second-order valence-electron chi connectivity index (χ2n) is 23.7. The molecule has 0 amide bonds. The van der Waals surface area contributed by atoms with E-state index in [0.29, 0.717) is 0 Å². The van der Waals surface area contributed by atoms with E-state index in [1.54, 1.807) is 0 Å². The van der Waals surface area contributed by atoms with Crippen LogP contribution in [0.3, 0.4) is 0 Å². The van der Waals surface area contributed by atoms with Gasteiger partial charge in [0.1, 0.15) is 0 Å². The molecule has 0 bridgehead atoms. The van der Waals surface area contributed by atoms with Gasteiger partial charge in [0.25, 0.3) is 0 Å². The molecule has 0 atom stereocenters. The first-order valence-corrected chi connectivity index (χ1v) is 28.4. The van der Waals surface area contributed by atoms with E-state index in [1.165, 1.54) is 11.4 Å². The molecule has 0 aliphatic heterocycles. The van der Waals surface area contributed by atoms with Crippen LogP contribution in [-0.2, 0) is 25.7 Å². The fourth-order valence-corrected chi connectivity index (χ4v) is 8.50. The summed E-state index contributed by atoms with van der Waals surface area (Å²) in [4.78, 5) is 35.9. The largest absolute Gasteiger partial charge is 1.20 e. The summed E-state index contributed by atoms with van der Waals surface area (Å²) in [6.07, 6.45) is -26.6. The fraction of sp³-hybridized carbons (Fsp3) is 0.929. The molecule has 88 heteroatoms. The van der Waals surface area contributed by atoms with Gasteiger partial charge in [-0.25, -0.2) is 14.4 Å². The maximum Gasteiger partial charge on any atom is 1.20 e. The van der Waals surface area contributed by atoms with Crippen LogP contribution in [-0.4, -0.2) is 265 Å². The summed E-state index contributed by atoms with van der Waals surface area (Å²) < 4.78 is 1140. The van der Waals surface area contributed by atoms with Gasteiger partial charge in [-0.3, -0.25) is 0 Å². The number of carbonyl (C=O) groups is 3. The van der Waals surface area contributed by atoms with Crippen LogP contribution < -0.4 is 0 Å². The van der Waals surface area contributed by atoms with Crippen LogP contribution >= 0.6 is 0 Å². The molecule has 0 aromatic carbocycles. The van der Waals surface area contributed by atoms with Crippen LogP contribution in [0, 0.1) is 0 Å². The van der Waals surface area contributed by atoms with Gasteiger partial charge >= 0.3 is 265 Å². The van der Waals surface area contributed by atoms with Crippen molar-refractivity contribution in [2.24, 2.45) is 0 Å². The van der Waals surface area contributed by atoms with Gasteiger partial charge in [0.2, 0.25) is 0 Å². The Kier molecular flexibility index (Phi) is 29.1. The molecule has 6 nitrogen and oxygen atoms in total. The first-order chi connectivity index (χ1) is 54.5. The summed E-state index contributed by atoms with van der Waals surface area (Å²) in [6, 6.07) is 0. The molecule has 0 saturated heterocycles. The first-order valence-electron chi connectivity index (χ1n) is 27.0. The Morgan fingerprint density at radius 1 is 0.108 bits per heavy atom. The highest BCUT2D eigenvalue weighted by Crippen LogP contribution is 2.75. The minimum absolute atomic E-state index is 1.34. The van der Waals surface area contributed by atoms with Crippen LogP contribution in [0.5, 0.6) is 0 Å². The van der Waals surface area contributed by atoms with Crippen molar-refractivity contribution in [3.05, 3.63) is 0 Å². The van der Waals surface area contributed by atoms with Crippen LogP contribution in [0.2, 0.25) is 0 Å². The lowest BCUT2D eigenvalue weighted by Gasteiger charge is -2.46. The lowest BCUT2D eigenvalue weighted by atomic mass is 9.84. The van der Waals surface area contributed by atoms with Crippen molar-refractivity contribution >= 4 is 33.1 Å². The molecule has 0 saturated carbocycles. The minimum Gasteiger partial charge on any atom is -0.546 e. The second kappa shape index (κ2) is 30.6. The molecule has 0 aliphatic carbocycles. The molecule has 0 aromatic heterocycles. The molecule has 0 aromatic rings. The molecule has 0 heterocycles. The monoisotopic (exact) mass is 2170 g/mol. The van der Waals surface area contributed by atoms with E-state index in [4.69, 9.17) is 0 Å². The van der Waals surface area contributed by atoms with E-state index in [1.807, 2.05) is 0 Å². The van der Waals surface area contributed by atoms with Gasteiger partial charge in [0.15, 0.2) is 0 Å². The number of carbonyl (C=O) groups excluding carboxylic acids is 3. The van der Waals surface area contributed by atoms with Crippen LogP contribution in [0.25, 0.3) is 0 Å². The number of hydrogen-bond donors (Lipinski definition) is 0. The van der Waals surface area contributed by atoms with Crippen LogP contribution in [0.1, 0.15) is 0 Å². The third-order valence-corrected chi connectivity index (χ3v) is 16.7. The molecular formula is C42AlF81O6. The quantitative estimate of drug-likeness (QED) is 0.0451. The molecular weight excluding hydrogens is 2170 g/mol. The predicted molar refractivity (Wildman–Crippen MR) is 220 cm³/mol. The number of hydrogen-bond acceptors (Lipinski definition) is 6. The maximum atomic E-state index is 14.9. The standard InChI is InChI=1S/3C14HF27O2.Al/c3*15-2(16,1(42)43)3(17,18)4(19,20)5(21,22)6(23,24)7(25,26)8(27,28)9(29,30)10(31,32)11(33,34)12(35,36)13(37,38)14(39,40)41;/h3*(H,42,43);/q;;;+3/p-3. The lowest BCUT2D eigenvalue weighted by molar-refractivity contribution is -0.484. The fourth-order valence-electron chi connectivity index (χ4n) is 7.39. The van der Waals surface area contributed by atoms with E-state index >= 15 is 0 Å². The predicted octanol–water partition coefficient (Wildman–Crippen LogP) is 24.2. The number of halogens is 81. The Labute approximate surface area is 647 Å². The Bertz CT molecular complexity index is 3700. The molecule has 0 spiro atoms. The van der Waals surface area contributed by atoms with Crippen molar-refractivity contribution in [3.63, 3.8) is 0 Å². The maximum absolute atomic E-state index is 14.9. The van der Waals surface area contributed by atoms with Crippen molar-refractivity contribution in [2.75, 3.05) is 0 Å². The average Bonchev–Trinajstić information content (AvgIpc) is 0.682. The lowest BCUT2D eigenvalue weighted by Crippen LogP contribution is -2.79. The van der Waals surface area contributed by atoms with Crippen LogP contribution in [0.15, 0.2) is 0 Å². The van der Waals surface area contributed by atoms with Crippen molar-refractivity contribution in [3.8, 4) is 0 Å². The Morgan fingerprint density at radius 3 is 0.238 bits per heavy atom. The second-order valence-corrected chi connectivity index (χ2v) is 25.0. The first kappa shape index (κ1) is 123. The normalized spacial score (nSPS) is 17.1. The van der Waals surface area contributed by atoms with Crippen molar-refractivity contribution in [1.82, 2.24) is 0 Å².